The summed E-state index contributed by atoms with van der Waals surface area (Å²) in [6.45, 7) is 0. The summed E-state index contributed by atoms with van der Waals surface area (Å²) in [5, 5.41) is 3.90. The van der Waals surface area contributed by atoms with Crippen LogP contribution in [0.25, 0.3) is 32.8 Å². The molecule has 0 unspecified atom stereocenters. The number of aromatic amines is 1. The molecule has 0 aliphatic heterocycles. The Labute approximate surface area is 111 Å². The molecule has 0 fully saturated rings. The molecule has 1 N–H and O–H groups in total. The maximum Gasteiger partial charge on any atom is 0.0466 e. The topological polar surface area (TPSA) is 15.8 Å². The second-order valence-electron chi connectivity index (χ2n) is 4.78. The van der Waals surface area contributed by atoms with Crippen molar-refractivity contribution in [3.8, 4) is 11.1 Å². The van der Waals surface area contributed by atoms with E-state index in [0.29, 0.717) is 0 Å². The standard InChI is InChI=1S/C18H13N/c1-2-6-13(7-3-1)16-12-19-17-11-10-14-8-4-5-9-15(14)18(16)17/h1-12,19H. The van der Waals surface area contributed by atoms with Crippen LogP contribution in [0.4, 0.5) is 0 Å². The Bertz CT molecular complexity index is 857. The Hall–Kier alpha value is -2.54. The first-order valence-electron chi connectivity index (χ1n) is 6.48. The number of aromatic nitrogens is 1. The molecule has 4 rings (SSSR count). The van der Waals surface area contributed by atoms with Crippen molar-refractivity contribution in [2.24, 2.45) is 0 Å². The number of fused-ring (bicyclic) bond motifs is 3. The SMILES string of the molecule is c1ccc(-c2c[nH]c3ccc4ccccc4c23)cc1. The molecular weight excluding hydrogens is 230 g/mol. The smallest absolute Gasteiger partial charge is 0.0466 e. The third-order valence-electron chi connectivity index (χ3n) is 3.66. The summed E-state index contributed by atoms with van der Waals surface area (Å²) in [7, 11) is 0. The van der Waals surface area contributed by atoms with Crippen molar-refractivity contribution in [3.05, 3.63) is 72.9 Å². The van der Waals surface area contributed by atoms with E-state index < -0.39 is 0 Å². The van der Waals surface area contributed by atoms with E-state index in [-0.39, 0.29) is 0 Å². The molecule has 0 saturated carbocycles. The third kappa shape index (κ3) is 1.55. The molecule has 1 heterocycles. The zero-order valence-electron chi connectivity index (χ0n) is 10.4. The molecule has 4 aromatic rings. The first kappa shape index (κ1) is 10.4. The van der Waals surface area contributed by atoms with Gasteiger partial charge in [0, 0.05) is 22.7 Å². The summed E-state index contributed by atoms with van der Waals surface area (Å²) >= 11 is 0. The Morgan fingerprint density at radius 3 is 2.37 bits per heavy atom. The van der Waals surface area contributed by atoms with Crippen LogP contribution in [0.3, 0.4) is 0 Å². The fraction of sp³-hybridized carbons (Fsp3) is 0. The molecule has 0 amide bonds. The Morgan fingerprint density at radius 1 is 0.684 bits per heavy atom. The van der Waals surface area contributed by atoms with Crippen LogP contribution >= 0.6 is 0 Å². The van der Waals surface area contributed by atoms with Crippen molar-refractivity contribution in [2.75, 3.05) is 0 Å². The van der Waals surface area contributed by atoms with Gasteiger partial charge >= 0.3 is 0 Å². The normalized spacial score (nSPS) is 11.2. The van der Waals surface area contributed by atoms with Gasteiger partial charge in [-0.15, -0.1) is 0 Å². The van der Waals surface area contributed by atoms with Crippen LogP contribution in [0.5, 0.6) is 0 Å². The van der Waals surface area contributed by atoms with Gasteiger partial charge in [-0.1, -0.05) is 60.7 Å². The van der Waals surface area contributed by atoms with Crippen molar-refractivity contribution >= 4 is 21.7 Å². The molecule has 90 valence electrons. The summed E-state index contributed by atoms with van der Waals surface area (Å²) < 4.78 is 0. The van der Waals surface area contributed by atoms with Crippen molar-refractivity contribution in [1.29, 1.82) is 0 Å². The molecule has 0 spiro atoms. The molecule has 0 atom stereocenters. The Morgan fingerprint density at radius 2 is 1.47 bits per heavy atom. The van der Waals surface area contributed by atoms with Crippen LogP contribution in [0.2, 0.25) is 0 Å². The minimum atomic E-state index is 1.19. The average Bonchev–Trinajstić information content (AvgIpc) is 2.92. The zero-order valence-corrected chi connectivity index (χ0v) is 10.4. The lowest BCUT2D eigenvalue weighted by atomic mass is 9.99. The lowest BCUT2D eigenvalue weighted by Gasteiger charge is -2.03. The first-order valence-corrected chi connectivity index (χ1v) is 6.48. The molecule has 0 aliphatic rings. The maximum atomic E-state index is 3.38. The molecule has 0 saturated heterocycles. The van der Waals surface area contributed by atoms with Crippen molar-refractivity contribution in [3.63, 3.8) is 0 Å². The number of rotatable bonds is 1. The van der Waals surface area contributed by atoms with E-state index in [4.69, 9.17) is 0 Å². The van der Waals surface area contributed by atoms with E-state index in [9.17, 15) is 0 Å². The van der Waals surface area contributed by atoms with Crippen molar-refractivity contribution in [1.82, 2.24) is 4.98 Å². The third-order valence-corrected chi connectivity index (χ3v) is 3.66. The van der Waals surface area contributed by atoms with Gasteiger partial charge in [0.25, 0.3) is 0 Å². The van der Waals surface area contributed by atoms with E-state index in [0.717, 1.165) is 0 Å². The molecule has 1 aromatic heterocycles. The molecule has 0 bridgehead atoms. The molecule has 0 radical (unpaired) electrons. The maximum absolute atomic E-state index is 3.38. The number of hydrogen-bond donors (Lipinski definition) is 1. The predicted octanol–water partition coefficient (Wildman–Crippen LogP) is 4.99. The minimum Gasteiger partial charge on any atom is -0.361 e. The minimum absolute atomic E-state index is 1.19. The summed E-state index contributed by atoms with van der Waals surface area (Å²) in [5.41, 5.74) is 3.72. The van der Waals surface area contributed by atoms with Gasteiger partial charge in [0.1, 0.15) is 0 Å². The molecule has 1 nitrogen and oxygen atoms in total. The van der Waals surface area contributed by atoms with Crippen molar-refractivity contribution < 1.29 is 0 Å². The van der Waals surface area contributed by atoms with Crippen LogP contribution in [-0.4, -0.2) is 4.98 Å². The molecule has 19 heavy (non-hydrogen) atoms. The molecular formula is C18H13N. The monoisotopic (exact) mass is 243 g/mol. The lowest BCUT2D eigenvalue weighted by Crippen LogP contribution is -1.77. The van der Waals surface area contributed by atoms with E-state index >= 15 is 0 Å². The van der Waals surface area contributed by atoms with Crippen LogP contribution in [0.1, 0.15) is 0 Å². The molecule has 3 aromatic carbocycles. The average molecular weight is 243 g/mol. The summed E-state index contributed by atoms with van der Waals surface area (Å²) in [5.74, 6) is 0. The first-order chi connectivity index (χ1) is 9.43. The van der Waals surface area contributed by atoms with Crippen LogP contribution < -0.4 is 0 Å². The van der Waals surface area contributed by atoms with E-state index in [1.165, 1.54) is 32.8 Å². The van der Waals surface area contributed by atoms with E-state index in [1.807, 2.05) is 0 Å². The molecule has 0 aliphatic carbocycles. The Balaban J connectivity index is 2.15. The van der Waals surface area contributed by atoms with Crippen LogP contribution in [0.15, 0.2) is 72.9 Å². The van der Waals surface area contributed by atoms with E-state index in [2.05, 4.69) is 77.9 Å². The van der Waals surface area contributed by atoms with Gasteiger partial charge in [0.2, 0.25) is 0 Å². The van der Waals surface area contributed by atoms with Gasteiger partial charge in [-0.2, -0.15) is 0 Å². The highest BCUT2D eigenvalue weighted by atomic mass is 14.7. The summed E-state index contributed by atoms with van der Waals surface area (Å²) in [4.78, 5) is 3.38. The fourth-order valence-electron chi connectivity index (χ4n) is 2.75. The fourth-order valence-corrected chi connectivity index (χ4v) is 2.75. The van der Waals surface area contributed by atoms with Gasteiger partial charge < -0.3 is 4.98 Å². The highest BCUT2D eigenvalue weighted by molar-refractivity contribution is 6.13. The highest BCUT2D eigenvalue weighted by Gasteiger charge is 2.08. The second-order valence-corrected chi connectivity index (χ2v) is 4.78. The van der Waals surface area contributed by atoms with Crippen LogP contribution in [-0.2, 0) is 0 Å². The number of hydrogen-bond acceptors (Lipinski definition) is 0. The molecule has 1 heteroatoms. The highest BCUT2D eigenvalue weighted by Crippen LogP contribution is 2.33. The van der Waals surface area contributed by atoms with Gasteiger partial charge in [-0.25, -0.2) is 0 Å². The number of benzene rings is 3. The Kier molecular flexibility index (Phi) is 2.18. The zero-order chi connectivity index (χ0) is 12.7. The number of nitrogens with one attached hydrogen (secondary N) is 1. The largest absolute Gasteiger partial charge is 0.361 e. The summed E-state index contributed by atoms with van der Waals surface area (Å²) in [6.07, 6.45) is 2.10. The second kappa shape index (κ2) is 3.99. The van der Waals surface area contributed by atoms with Crippen LogP contribution in [0, 0.1) is 0 Å². The predicted molar refractivity (Wildman–Crippen MR) is 81.2 cm³/mol. The van der Waals surface area contributed by atoms with Gasteiger partial charge in [0.05, 0.1) is 0 Å². The van der Waals surface area contributed by atoms with Gasteiger partial charge in [-0.3, -0.25) is 0 Å². The number of H-pyrrole nitrogens is 1. The van der Waals surface area contributed by atoms with E-state index in [1.54, 1.807) is 0 Å². The van der Waals surface area contributed by atoms with Crippen molar-refractivity contribution in [2.45, 2.75) is 0 Å². The van der Waals surface area contributed by atoms with Gasteiger partial charge in [-0.05, 0) is 22.4 Å². The summed E-state index contributed by atoms with van der Waals surface area (Å²) in [6, 6.07) is 23.4. The quantitative estimate of drug-likeness (QED) is 0.485. The lowest BCUT2D eigenvalue weighted by molar-refractivity contribution is 1.47. The van der Waals surface area contributed by atoms with Gasteiger partial charge in [0.15, 0.2) is 0 Å².